The Kier molecular flexibility index (Phi) is 3.25. The van der Waals surface area contributed by atoms with Crippen molar-refractivity contribution in [3.63, 3.8) is 0 Å². The van der Waals surface area contributed by atoms with Crippen molar-refractivity contribution in [2.75, 3.05) is 6.61 Å². The van der Waals surface area contributed by atoms with Crippen molar-refractivity contribution in [1.29, 1.82) is 0 Å². The average molecular weight is 258 g/mol. The van der Waals surface area contributed by atoms with Gasteiger partial charge in [0.2, 0.25) is 0 Å². The third kappa shape index (κ3) is 2.24. The molecule has 4 heteroatoms. The SMILES string of the molecule is C=CCn1ccc2ccn(CC3CCCO3)c(=O)c21. The fraction of sp³-hybridized carbons (Fsp3) is 0.400. The van der Waals surface area contributed by atoms with E-state index in [0.717, 1.165) is 30.4 Å². The zero-order valence-electron chi connectivity index (χ0n) is 10.9. The number of nitrogens with zero attached hydrogens (tertiary/aromatic N) is 2. The van der Waals surface area contributed by atoms with Crippen molar-refractivity contribution in [3.8, 4) is 0 Å². The smallest absolute Gasteiger partial charge is 0.275 e. The van der Waals surface area contributed by atoms with Crippen LogP contribution in [0.5, 0.6) is 0 Å². The van der Waals surface area contributed by atoms with E-state index in [2.05, 4.69) is 6.58 Å². The number of fused-ring (bicyclic) bond motifs is 1. The van der Waals surface area contributed by atoms with Crippen molar-refractivity contribution in [2.24, 2.45) is 0 Å². The fourth-order valence-corrected chi connectivity index (χ4v) is 2.69. The molecular weight excluding hydrogens is 240 g/mol. The molecular formula is C15H18N2O2. The van der Waals surface area contributed by atoms with Crippen molar-refractivity contribution < 1.29 is 4.74 Å². The highest BCUT2D eigenvalue weighted by Gasteiger charge is 2.17. The number of aromatic nitrogens is 2. The number of rotatable bonds is 4. The summed E-state index contributed by atoms with van der Waals surface area (Å²) in [5.41, 5.74) is 0.806. The molecule has 3 heterocycles. The van der Waals surface area contributed by atoms with E-state index >= 15 is 0 Å². The van der Waals surface area contributed by atoms with E-state index in [1.807, 2.05) is 29.1 Å². The highest BCUT2D eigenvalue weighted by Crippen LogP contribution is 2.15. The van der Waals surface area contributed by atoms with E-state index in [1.165, 1.54) is 0 Å². The molecule has 2 aromatic rings. The largest absolute Gasteiger partial charge is 0.376 e. The van der Waals surface area contributed by atoms with E-state index in [0.29, 0.717) is 13.1 Å². The first-order valence-corrected chi connectivity index (χ1v) is 6.70. The molecule has 0 saturated carbocycles. The molecule has 19 heavy (non-hydrogen) atoms. The van der Waals surface area contributed by atoms with E-state index < -0.39 is 0 Å². The molecule has 100 valence electrons. The third-order valence-electron chi connectivity index (χ3n) is 3.64. The summed E-state index contributed by atoms with van der Waals surface area (Å²) in [5.74, 6) is 0. The van der Waals surface area contributed by atoms with Gasteiger partial charge in [0.05, 0.1) is 12.6 Å². The second kappa shape index (κ2) is 5.05. The summed E-state index contributed by atoms with van der Waals surface area (Å²) in [7, 11) is 0. The zero-order valence-corrected chi connectivity index (χ0v) is 10.9. The Morgan fingerprint density at radius 3 is 2.84 bits per heavy atom. The van der Waals surface area contributed by atoms with Gasteiger partial charge in [-0.25, -0.2) is 0 Å². The van der Waals surface area contributed by atoms with E-state index in [4.69, 9.17) is 4.74 Å². The van der Waals surface area contributed by atoms with Crippen molar-refractivity contribution in [2.45, 2.75) is 32.0 Å². The maximum Gasteiger partial charge on any atom is 0.275 e. The Labute approximate surface area is 111 Å². The van der Waals surface area contributed by atoms with Gasteiger partial charge < -0.3 is 13.9 Å². The molecule has 0 bridgehead atoms. The van der Waals surface area contributed by atoms with Crippen LogP contribution in [-0.4, -0.2) is 21.8 Å². The Morgan fingerprint density at radius 1 is 1.37 bits per heavy atom. The molecule has 0 radical (unpaired) electrons. The van der Waals surface area contributed by atoms with Crippen LogP contribution in [0.25, 0.3) is 10.9 Å². The van der Waals surface area contributed by atoms with Crippen LogP contribution >= 0.6 is 0 Å². The maximum absolute atomic E-state index is 12.5. The molecule has 2 aromatic heterocycles. The standard InChI is InChI=1S/C15H18N2O2/c1-2-7-16-8-5-12-6-9-17(15(18)14(12)16)11-13-4-3-10-19-13/h2,5-6,8-9,13H,1,3-4,7,10-11H2. The first-order valence-electron chi connectivity index (χ1n) is 6.70. The lowest BCUT2D eigenvalue weighted by atomic mass is 10.2. The predicted molar refractivity (Wildman–Crippen MR) is 75.4 cm³/mol. The zero-order chi connectivity index (χ0) is 13.2. The first-order chi connectivity index (χ1) is 9.29. The number of ether oxygens (including phenoxy) is 1. The van der Waals surface area contributed by atoms with Gasteiger partial charge in [0, 0.05) is 30.9 Å². The van der Waals surface area contributed by atoms with Crippen LogP contribution < -0.4 is 5.56 Å². The number of allylic oxidation sites excluding steroid dienone is 1. The van der Waals surface area contributed by atoms with Gasteiger partial charge in [-0.1, -0.05) is 6.08 Å². The molecule has 1 atom stereocenters. The summed E-state index contributed by atoms with van der Waals surface area (Å²) in [5, 5.41) is 0.982. The summed E-state index contributed by atoms with van der Waals surface area (Å²) in [6.45, 7) is 5.84. The molecule has 3 rings (SSSR count). The van der Waals surface area contributed by atoms with Crippen molar-refractivity contribution in [1.82, 2.24) is 9.13 Å². The second-order valence-corrected chi connectivity index (χ2v) is 4.97. The normalized spacial score (nSPS) is 19.1. The third-order valence-corrected chi connectivity index (χ3v) is 3.64. The number of hydrogen-bond donors (Lipinski definition) is 0. The molecule has 1 aliphatic heterocycles. The highest BCUT2D eigenvalue weighted by atomic mass is 16.5. The monoisotopic (exact) mass is 258 g/mol. The van der Waals surface area contributed by atoms with Gasteiger partial charge in [-0.3, -0.25) is 4.79 Å². The molecule has 0 aliphatic carbocycles. The lowest BCUT2D eigenvalue weighted by Crippen LogP contribution is -2.26. The molecule has 0 spiro atoms. The van der Waals surface area contributed by atoms with Crippen LogP contribution in [0, 0.1) is 0 Å². The highest BCUT2D eigenvalue weighted by molar-refractivity contribution is 5.78. The molecule has 0 amide bonds. The van der Waals surface area contributed by atoms with Crippen molar-refractivity contribution in [3.05, 3.63) is 47.5 Å². The number of hydrogen-bond acceptors (Lipinski definition) is 2. The topological polar surface area (TPSA) is 36.2 Å². The predicted octanol–water partition coefficient (Wildman–Crippen LogP) is 2.17. The van der Waals surface area contributed by atoms with Gasteiger partial charge in [0.25, 0.3) is 5.56 Å². The lowest BCUT2D eigenvalue weighted by Gasteiger charge is -2.12. The van der Waals surface area contributed by atoms with Crippen LogP contribution in [0.4, 0.5) is 0 Å². The van der Waals surface area contributed by atoms with E-state index in [9.17, 15) is 4.79 Å². The molecule has 0 N–H and O–H groups in total. The maximum atomic E-state index is 12.5. The van der Waals surface area contributed by atoms with Crippen LogP contribution in [0.3, 0.4) is 0 Å². The summed E-state index contributed by atoms with van der Waals surface area (Å²) >= 11 is 0. The van der Waals surface area contributed by atoms with Crippen molar-refractivity contribution >= 4 is 10.9 Å². The van der Waals surface area contributed by atoms with Crippen LogP contribution in [-0.2, 0) is 17.8 Å². The van der Waals surface area contributed by atoms with Gasteiger partial charge in [0.15, 0.2) is 0 Å². The molecule has 1 fully saturated rings. The van der Waals surface area contributed by atoms with Crippen LogP contribution in [0.15, 0.2) is 42.0 Å². The van der Waals surface area contributed by atoms with Gasteiger partial charge in [-0.15, -0.1) is 6.58 Å². The van der Waals surface area contributed by atoms with Gasteiger partial charge in [-0.05, 0) is 25.0 Å². The summed E-state index contributed by atoms with van der Waals surface area (Å²) in [4.78, 5) is 12.5. The summed E-state index contributed by atoms with van der Waals surface area (Å²) in [6, 6.07) is 3.96. The Balaban J connectivity index is 2.00. The molecule has 4 nitrogen and oxygen atoms in total. The van der Waals surface area contributed by atoms with Crippen LogP contribution in [0.1, 0.15) is 12.8 Å². The first kappa shape index (κ1) is 12.2. The van der Waals surface area contributed by atoms with Crippen LogP contribution in [0.2, 0.25) is 0 Å². The molecule has 1 aliphatic rings. The molecule has 1 saturated heterocycles. The van der Waals surface area contributed by atoms with Gasteiger partial charge in [0.1, 0.15) is 5.52 Å². The lowest BCUT2D eigenvalue weighted by molar-refractivity contribution is 0.0963. The minimum absolute atomic E-state index is 0.0554. The Morgan fingerprint density at radius 2 is 2.16 bits per heavy atom. The number of pyridine rings is 1. The fourth-order valence-electron chi connectivity index (χ4n) is 2.69. The summed E-state index contributed by atoms with van der Waals surface area (Å²) < 4.78 is 9.30. The average Bonchev–Trinajstić information content (AvgIpc) is 3.03. The van der Waals surface area contributed by atoms with Gasteiger partial charge >= 0.3 is 0 Å². The minimum Gasteiger partial charge on any atom is -0.376 e. The van der Waals surface area contributed by atoms with E-state index in [1.54, 1.807) is 10.6 Å². The summed E-state index contributed by atoms with van der Waals surface area (Å²) in [6.07, 6.45) is 7.91. The minimum atomic E-state index is 0.0554. The van der Waals surface area contributed by atoms with E-state index in [-0.39, 0.29) is 11.7 Å². The molecule has 1 unspecified atom stereocenters. The Bertz CT molecular complexity index is 648. The molecule has 0 aromatic carbocycles. The quantitative estimate of drug-likeness (QED) is 0.788. The van der Waals surface area contributed by atoms with Gasteiger partial charge in [-0.2, -0.15) is 0 Å². The second-order valence-electron chi connectivity index (χ2n) is 4.97. The Hall–Kier alpha value is -1.81.